The Morgan fingerprint density at radius 2 is 1.72 bits per heavy atom. The molecule has 3 aromatic rings. The smallest absolute Gasteiger partial charge is 0.350 e. The summed E-state index contributed by atoms with van der Waals surface area (Å²) in [5, 5.41) is 9.31. The maximum atomic E-state index is 13.4. The van der Waals surface area contributed by atoms with Crippen LogP contribution in [0.4, 0.5) is 13.2 Å². The number of rotatable bonds is 8. The largest absolute Gasteiger partial charge is 0.435 e. The van der Waals surface area contributed by atoms with E-state index in [1.54, 1.807) is 54.2 Å². The molecule has 11 heteroatoms. The highest BCUT2D eigenvalue weighted by Crippen LogP contribution is 2.31. The van der Waals surface area contributed by atoms with Gasteiger partial charge in [0.2, 0.25) is 0 Å². The number of pyridine rings is 1. The van der Waals surface area contributed by atoms with Gasteiger partial charge in [-0.2, -0.15) is 18.3 Å². The van der Waals surface area contributed by atoms with Crippen LogP contribution in [-0.4, -0.2) is 45.4 Å². The lowest BCUT2D eigenvalue weighted by Gasteiger charge is -2.08. The zero-order valence-corrected chi connectivity index (χ0v) is 17.8. The Bertz CT molecular complexity index is 1070. The minimum absolute atomic E-state index is 0.0320. The zero-order valence-electron chi connectivity index (χ0n) is 17.0. The van der Waals surface area contributed by atoms with E-state index < -0.39 is 29.2 Å². The normalized spacial score (nSPS) is 11.2. The molecule has 1 aromatic carbocycles. The number of para-hydroxylation sites is 1. The van der Waals surface area contributed by atoms with Crippen LogP contribution >= 0.6 is 11.8 Å². The van der Waals surface area contributed by atoms with Crippen LogP contribution in [0, 0.1) is 0 Å². The van der Waals surface area contributed by atoms with Gasteiger partial charge >= 0.3 is 6.18 Å². The first-order valence-electron chi connectivity index (χ1n) is 9.67. The van der Waals surface area contributed by atoms with E-state index in [2.05, 4.69) is 20.7 Å². The lowest BCUT2D eigenvalue weighted by molar-refractivity contribution is -0.141. The summed E-state index contributed by atoms with van der Waals surface area (Å²) in [5.74, 6) is -0.470. The van der Waals surface area contributed by atoms with Gasteiger partial charge < -0.3 is 10.6 Å². The van der Waals surface area contributed by atoms with E-state index in [1.807, 2.05) is 6.92 Å². The number of halogens is 3. The van der Waals surface area contributed by atoms with Crippen molar-refractivity contribution in [3.63, 3.8) is 0 Å². The summed E-state index contributed by atoms with van der Waals surface area (Å²) in [6.45, 7) is 1.96. The van der Waals surface area contributed by atoms with Crippen molar-refractivity contribution < 1.29 is 22.8 Å². The summed E-state index contributed by atoms with van der Waals surface area (Å²) in [6, 6.07) is 11.5. The molecule has 0 unspecified atom stereocenters. The van der Waals surface area contributed by atoms with E-state index in [4.69, 9.17) is 0 Å². The van der Waals surface area contributed by atoms with Crippen molar-refractivity contribution >= 4 is 23.6 Å². The van der Waals surface area contributed by atoms with Gasteiger partial charge in [-0.05, 0) is 30.0 Å². The van der Waals surface area contributed by atoms with Crippen LogP contribution in [-0.2, 0) is 6.18 Å². The summed E-state index contributed by atoms with van der Waals surface area (Å²) in [4.78, 5) is 28.7. The molecule has 168 valence electrons. The monoisotopic (exact) mass is 463 g/mol. The Morgan fingerprint density at radius 3 is 2.31 bits per heavy atom. The molecule has 32 heavy (non-hydrogen) atoms. The van der Waals surface area contributed by atoms with Crippen molar-refractivity contribution in [2.75, 3.05) is 18.8 Å². The minimum atomic E-state index is -4.80. The van der Waals surface area contributed by atoms with Crippen molar-refractivity contribution in [3.8, 4) is 5.69 Å². The first-order chi connectivity index (χ1) is 15.3. The molecule has 0 radical (unpaired) electrons. The van der Waals surface area contributed by atoms with Crippen LogP contribution in [0.1, 0.15) is 33.3 Å². The predicted molar refractivity (Wildman–Crippen MR) is 114 cm³/mol. The number of benzene rings is 1. The van der Waals surface area contributed by atoms with E-state index in [-0.39, 0.29) is 13.1 Å². The van der Waals surface area contributed by atoms with Crippen LogP contribution in [0.15, 0.2) is 59.9 Å². The lowest BCUT2D eigenvalue weighted by Crippen LogP contribution is -2.35. The molecule has 2 amide bonds. The maximum absolute atomic E-state index is 13.4. The molecule has 0 fully saturated rings. The molecular weight excluding hydrogens is 443 g/mol. The van der Waals surface area contributed by atoms with E-state index in [1.165, 1.54) is 6.20 Å². The highest BCUT2D eigenvalue weighted by molar-refractivity contribution is 7.99. The number of nitrogens with one attached hydrogen (secondary N) is 2. The predicted octanol–water partition coefficient (Wildman–Crippen LogP) is 3.56. The molecule has 2 N–H and O–H groups in total. The SMILES string of the molecule is CCSc1ccc(C(=O)NCCNC(=O)c2cn(-c3ccccc3)nc2C(F)(F)F)cn1. The van der Waals surface area contributed by atoms with Crippen molar-refractivity contribution in [2.45, 2.75) is 18.1 Å². The quantitative estimate of drug-likeness (QED) is 0.394. The van der Waals surface area contributed by atoms with Gasteiger partial charge in [-0.15, -0.1) is 11.8 Å². The summed E-state index contributed by atoms with van der Waals surface area (Å²) in [5.41, 5.74) is -1.14. The van der Waals surface area contributed by atoms with Crippen LogP contribution < -0.4 is 10.6 Å². The van der Waals surface area contributed by atoms with Gasteiger partial charge in [0, 0.05) is 25.5 Å². The molecule has 0 saturated heterocycles. The fraction of sp³-hybridized carbons (Fsp3) is 0.238. The van der Waals surface area contributed by atoms with E-state index in [0.29, 0.717) is 11.3 Å². The first-order valence-corrected chi connectivity index (χ1v) is 10.7. The van der Waals surface area contributed by atoms with Crippen LogP contribution in [0.2, 0.25) is 0 Å². The third-order valence-corrected chi connectivity index (χ3v) is 5.06. The second-order valence-electron chi connectivity index (χ2n) is 6.50. The molecule has 2 heterocycles. The fourth-order valence-corrected chi connectivity index (χ4v) is 3.35. The number of amides is 2. The number of nitrogens with zero attached hydrogens (tertiary/aromatic N) is 3. The topological polar surface area (TPSA) is 88.9 Å². The number of alkyl halides is 3. The highest BCUT2D eigenvalue weighted by atomic mass is 32.2. The highest BCUT2D eigenvalue weighted by Gasteiger charge is 2.39. The first kappa shape index (κ1) is 23.3. The molecule has 0 saturated carbocycles. The van der Waals surface area contributed by atoms with E-state index in [9.17, 15) is 22.8 Å². The van der Waals surface area contributed by atoms with Gasteiger partial charge in [0.15, 0.2) is 5.69 Å². The average molecular weight is 463 g/mol. The van der Waals surface area contributed by atoms with Crippen molar-refractivity contribution in [3.05, 3.63) is 71.7 Å². The van der Waals surface area contributed by atoms with Crippen molar-refractivity contribution in [1.29, 1.82) is 0 Å². The Kier molecular flexibility index (Phi) is 7.52. The summed E-state index contributed by atoms with van der Waals surface area (Å²) >= 11 is 1.54. The molecule has 0 bridgehead atoms. The standard InChI is InChI=1S/C21H20F3N5O2S/c1-2-32-17-9-8-14(12-27-17)19(30)25-10-11-26-20(31)16-13-29(15-6-4-3-5-7-15)28-18(16)21(22,23)24/h3-9,12-13H,2,10-11H2,1H3,(H,25,30)(H,26,31). The lowest BCUT2D eigenvalue weighted by atomic mass is 10.2. The molecule has 0 spiro atoms. The van der Waals surface area contributed by atoms with Gasteiger partial charge in [0.25, 0.3) is 11.8 Å². The van der Waals surface area contributed by atoms with Crippen LogP contribution in [0.3, 0.4) is 0 Å². The number of carbonyl (C=O) groups is 2. The molecule has 7 nitrogen and oxygen atoms in total. The molecule has 0 aliphatic heterocycles. The van der Waals surface area contributed by atoms with Crippen LogP contribution in [0.25, 0.3) is 5.69 Å². The molecule has 3 rings (SSSR count). The minimum Gasteiger partial charge on any atom is -0.350 e. The summed E-state index contributed by atoms with van der Waals surface area (Å²) < 4.78 is 41.1. The second kappa shape index (κ2) is 10.3. The number of aromatic nitrogens is 3. The van der Waals surface area contributed by atoms with Crippen molar-refractivity contribution in [2.24, 2.45) is 0 Å². The summed E-state index contributed by atoms with van der Waals surface area (Å²) in [7, 11) is 0. The van der Waals surface area contributed by atoms with Gasteiger partial charge in [-0.1, -0.05) is 25.1 Å². The van der Waals surface area contributed by atoms with Gasteiger partial charge in [-0.25, -0.2) is 9.67 Å². The zero-order chi connectivity index (χ0) is 23.1. The number of thioether (sulfide) groups is 1. The molecule has 0 aliphatic carbocycles. The fourth-order valence-electron chi connectivity index (χ4n) is 2.76. The van der Waals surface area contributed by atoms with Crippen LogP contribution in [0.5, 0.6) is 0 Å². The third kappa shape index (κ3) is 5.88. The Hall–Kier alpha value is -3.34. The maximum Gasteiger partial charge on any atom is 0.435 e. The second-order valence-corrected chi connectivity index (χ2v) is 7.78. The molecular formula is C21H20F3N5O2S. The number of hydrogen-bond donors (Lipinski definition) is 2. The molecule has 2 aromatic heterocycles. The van der Waals surface area contributed by atoms with Crippen molar-refractivity contribution in [1.82, 2.24) is 25.4 Å². The third-order valence-electron chi connectivity index (χ3n) is 4.23. The summed E-state index contributed by atoms with van der Waals surface area (Å²) in [6.07, 6.45) is -2.32. The number of hydrogen-bond acceptors (Lipinski definition) is 5. The van der Waals surface area contributed by atoms with Gasteiger partial charge in [0.1, 0.15) is 0 Å². The number of carbonyl (C=O) groups excluding carboxylic acids is 2. The van der Waals surface area contributed by atoms with Gasteiger partial charge in [-0.3, -0.25) is 9.59 Å². The molecule has 0 atom stereocenters. The van der Waals surface area contributed by atoms with Gasteiger partial charge in [0.05, 0.1) is 21.8 Å². The average Bonchev–Trinajstić information content (AvgIpc) is 3.24. The Labute approximate surface area is 186 Å². The Morgan fingerprint density at radius 1 is 1.03 bits per heavy atom. The molecule has 0 aliphatic rings. The Balaban J connectivity index is 1.59. The van der Waals surface area contributed by atoms with E-state index >= 15 is 0 Å². The van der Waals surface area contributed by atoms with E-state index in [0.717, 1.165) is 21.7 Å².